The van der Waals surface area contributed by atoms with Gasteiger partial charge in [-0.1, -0.05) is 55.5 Å². The molecule has 3 aromatic rings. The van der Waals surface area contributed by atoms with Gasteiger partial charge in [-0.05, 0) is 34.6 Å². The minimum atomic E-state index is -0.848. The van der Waals surface area contributed by atoms with E-state index >= 15 is 0 Å². The maximum absolute atomic E-state index is 12.3. The zero-order valence-electron chi connectivity index (χ0n) is 19.3. The van der Waals surface area contributed by atoms with Gasteiger partial charge in [-0.3, -0.25) is 9.59 Å². The maximum Gasteiger partial charge on any atom is 0.407 e. The molecule has 35 heavy (non-hydrogen) atoms. The van der Waals surface area contributed by atoms with Crippen molar-refractivity contribution in [2.24, 2.45) is 5.92 Å². The monoisotopic (exact) mass is 493 g/mol. The van der Waals surface area contributed by atoms with Gasteiger partial charge in [-0.15, -0.1) is 11.3 Å². The molecule has 1 aliphatic carbocycles. The number of hydrogen-bond acceptors (Lipinski definition) is 6. The molecule has 0 bridgehead atoms. The number of carboxylic acid groups (broad SMARTS) is 1. The van der Waals surface area contributed by atoms with E-state index < -0.39 is 12.1 Å². The Kier molecular flexibility index (Phi) is 7.77. The Morgan fingerprint density at radius 3 is 2.37 bits per heavy atom. The van der Waals surface area contributed by atoms with Crippen LogP contribution in [0.25, 0.3) is 11.1 Å². The first kappa shape index (κ1) is 24.4. The van der Waals surface area contributed by atoms with Crippen molar-refractivity contribution in [2.45, 2.75) is 32.2 Å². The molecule has 1 aliphatic rings. The summed E-state index contributed by atoms with van der Waals surface area (Å²) in [6, 6.07) is 16.3. The summed E-state index contributed by atoms with van der Waals surface area (Å²) >= 11 is 1.19. The summed E-state index contributed by atoms with van der Waals surface area (Å²) in [5, 5.41) is 14.8. The van der Waals surface area contributed by atoms with Crippen molar-refractivity contribution in [2.75, 3.05) is 13.2 Å². The summed E-state index contributed by atoms with van der Waals surface area (Å²) < 4.78 is 5.53. The topological polar surface area (TPSA) is 118 Å². The second-order valence-corrected chi connectivity index (χ2v) is 9.66. The highest BCUT2D eigenvalue weighted by Gasteiger charge is 2.29. The number of benzene rings is 2. The fourth-order valence-corrected chi connectivity index (χ4v) is 4.89. The number of carbonyl (C=O) groups is 3. The van der Waals surface area contributed by atoms with Crippen LogP contribution in [0.5, 0.6) is 0 Å². The van der Waals surface area contributed by atoms with Crippen molar-refractivity contribution in [3.05, 3.63) is 75.7 Å². The Balaban J connectivity index is 1.24. The number of nitrogens with zero attached hydrogens (tertiary/aromatic N) is 1. The minimum Gasteiger partial charge on any atom is -0.481 e. The number of thiazole rings is 1. The Morgan fingerprint density at radius 1 is 1.06 bits per heavy atom. The van der Waals surface area contributed by atoms with Crippen LogP contribution < -0.4 is 10.6 Å². The van der Waals surface area contributed by atoms with Crippen LogP contribution in [0.4, 0.5) is 4.79 Å². The highest BCUT2D eigenvalue weighted by Crippen LogP contribution is 2.44. The lowest BCUT2D eigenvalue weighted by Crippen LogP contribution is -2.28. The molecule has 182 valence electrons. The van der Waals surface area contributed by atoms with Crippen molar-refractivity contribution >= 4 is 29.3 Å². The van der Waals surface area contributed by atoms with Gasteiger partial charge in [0.2, 0.25) is 0 Å². The van der Waals surface area contributed by atoms with Crippen LogP contribution in [0.3, 0.4) is 0 Å². The summed E-state index contributed by atoms with van der Waals surface area (Å²) in [6.45, 7) is 2.66. The first-order valence-corrected chi connectivity index (χ1v) is 12.3. The van der Waals surface area contributed by atoms with Crippen LogP contribution in [-0.2, 0) is 16.1 Å². The lowest BCUT2D eigenvalue weighted by molar-refractivity contribution is -0.137. The largest absolute Gasteiger partial charge is 0.481 e. The summed E-state index contributed by atoms with van der Waals surface area (Å²) in [5.41, 5.74) is 4.63. The molecular formula is C26H27N3O5S. The maximum atomic E-state index is 12.3. The van der Waals surface area contributed by atoms with E-state index in [0.29, 0.717) is 22.9 Å². The van der Waals surface area contributed by atoms with Gasteiger partial charge in [0.25, 0.3) is 5.91 Å². The van der Waals surface area contributed by atoms with Gasteiger partial charge in [0.05, 0.1) is 12.7 Å². The average molecular weight is 494 g/mol. The molecule has 0 saturated heterocycles. The summed E-state index contributed by atoms with van der Waals surface area (Å²) in [6.07, 6.45) is 1.49. The highest BCUT2D eigenvalue weighted by molar-refractivity contribution is 7.13. The normalized spacial score (nSPS) is 12.9. The van der Waals surface area contributed by atoms with E-state index in [1.54, 1.807) is 0 Å². The number of ether oxygens (including phenoxy) is 1. The van der Waals surface area contributed by atoms with E-state index in [0.717, 1.165) is 11.1 Å². The van der Waals surface area contributed by atoms with Crippen molar-refractivity contribution in [3.63, 3.8) is 0 Å². The third kappa shape index (κ3) is 6.05. The van der Waals surface area contributed by atoms with E-state index in [2.05, 4.69) is 39.9 Å². The first-order valence-electron chi connectivity index (χ1n) is 11.5. The Labute approximate surface area is 207 Å². The predicted octanol–water partition coefficient (Wildman–Crippen LogP) is 4.41. The number of hydrogen-bond donors (Lipinski definition) is 3. The number of alkyl carbamates (subject to hydrolysis) is 1. The molecule has 0 radical (unpaired) electrons. The average Bonchev–Trinajstić information content (AvgIpc) is 3.46. The number of aromatic nitrogens is 1. The van der Waals surface area contributed by atoms with Gasteiger partial charge < -0.3 is 20.5 Å². The SMILES string of the molecule is CC(CCC(=O)O)CNC(=O)c1cnc(CNC(=O)OCC2c3ccccc3-c3ccccc32)s1. The zero-order chi connectivity index (χ0) is 24.8. The molecule has 3 N–H and O–H groups in total. The summed E-state index contributed by atoms with van der Waals surface area (Å²) in [4.78, 5) is 39.9. The van der Waals surface area contributed by atoms with Gasteiger partial charge in [-0.2, -0.15) is 0 Å². The van der Waals surface area contributed by atoms with E-state index in [-0.39, 0.29) is 37.3 Å². The molecule has 9 heteroatoms. The molecule has 0 fully saturated rings. The molecule has 8 nitrogen and oxygen atoms in total. The quantitative estimate of drug-likeness (QED) is 0.385. The van der Waals surface area contributed by atoms with Gasteiger partial charge in [0.15, 0.2) is 0 Å². The Bertz CT molecular complexity index is 1180. The molecule has 1 unspecified atom stereocenters. The number of rotatable bonds is 10. The van der Waals surface area contributed by atoms with E-state index in [4.69, 9.17) is 9.84 Å². The second kappa shape index (κ2) is 11.1. The molecule has 2 aromatic carbocycles. The van der Waals surface area contributed by atoms with Crippen molar-refractivity contribution < 1.29 is 24.2 Å². The lowest BCUT2D eigenvalue weighted by Gasteiger charge is -2.14. The van der Waals surface area contributed by atoms with E-state index in [1.807, 2.05) is 31.2 Å². The van der Waals surface area contributed by atoms with Gasteiger partial charge >= 0.3 is 12.1 Å². The molecule has 4 rings (SSSR count). The fourth-order valence-electron chi connectivity index (χ4n) is 4.12. The summed E-state index contributed by atoms with van der Waals surface area (Å²) in [5.74, 6) is -1.07. The number of carbonyl (C=O) groups excluding carboxylic acids is 2. The Morgan fingerprint density at radius 2 is 1.71 bits per heavy atom. The van der Waals surface area contributed by atoms with Crippen LogP contribution in [0, 0.1) is 5.92 Å². The van der Waals surface area contributed by atoms with Crippen molar-refractivity contribution in [3.8, 4) is 11.1 Å². The third-order valence-corrected chi connectivity index (χ3v) is 6.96. The predicted molar refractivity (Wildman–Crippen MR) is 132 cm³/mol. The molecule has 0 saturated carbocycles. The molecule has 0 aliphatic heterocycles. The molecule has 1 atom stereocenters. The number of nitrogens with one attached hydrogen (secondary N) is 2. The molecule has 0 spiro atoms. The van der Waals surface area contributed by atoms with Crippen molar-refractivity contribution in [1.82, 2.24) is 15.6 Å². The van der Waals surface area contributed by atoms with E-state index in [1.165, 1.54) is 28.7 Å². The van der Waals surface area contributed by atoms with Crippen molar-refractivity contribution in [1.29, 1.82) is 0 Å². The van der Waals surface area contributed by atoms with Crippen LogP contribution >= 0.6 is 11.3 Å². The third-order valence-electron chi connectivity index (χ3n) is 5.97. The van der Waals surface area contributed by atoms with Crippen LogP contribution in [0.1, 0.15) is 51.5 Å². The smallest absolute Gasteiger partial charge is 0.407 e. The van der Waals surface area contributed by atoms with Crippen LogP contribution in [0.15, 0.2) is 54.7 Å². The highest BCUT2D eigenvalue weighted by atomic mass is 32.1. The molecule has 1 aromatic heterocycles. The molecular weight excluding hydrogens is 466 g/mol. The fraction of sp³-hybridized carbons (Fsp3) is 0.308. The van der Waals surface area contributed by atoms with Gasteiger partial charge in [0, 0.05) is 18.9 Å². The number of amides is 2. The minimum absolute atomic E-state index is 0.0128. The Hall–Kier alpha value is -3.72. The molecule has 1 heterocycles. The number of aliphatic carboxylic acids is 1. The number of carboxylic acids is 1. The van der Waals surface area contributed by atoms with Gasteiger partial charge in [-0.25, -0.2) is 9.78 Å². The summed E-state index contributed by atoms with van der Waals surface area (Å²) in [7, 11) is 0. The van der Waals surface area contributed by atoms with Gasteiger partial charge in [0.1, 0.15) is 16.5 Å². The number of fused-ring (bicyclic) bond motifs is 3. The zero-order valence-corrected chi connectivity index (χ0v) is 20.1. The van der Waals surface area contributed by atoms with Crippen LogP contribution in [0.2, 0.25) is 0 Å². The first-order chi connectivity index (χ1) is 16.9. The lowest BCUT2D eigenvalue weighted by atomic mass is 9.98. The van der Waals surface area contributed by atoms with E-state index in [9.17, 15) is 14.4 Å². The second-order valence-electron chi connectivity index (χ2n) is 8.54. The molecule has 2 amide bonds. The van der Waals surface area contributed by atoms with Crippen LogP contribution in [-0.4, -0.2) is 41.2 Å². The standard InChI is InChI=1S/C26H27N3O5S/c1-16(10-11-24(30)31)12-28-25(32)22-13-27-23(35-22)14-29-26(33)34-15-21-19-8-4-2-6-17(19)18-7-3-5-9-20(18)21/h2-9,13,16,21H,10-12,14-15H2,1H3,(H,28,32)(H,29,33)(H,30,31).